The molecule has 6 nitrogen and oxygen atoms in total. The van der Waals surface area contributed by atoms with Crippen LogP contribution in [0.5, 0.6) is 11.5 Å². The number of hydrogen-bond acceptors (Lipinski definition) is 5. The molecule has 1 heterocycles. The van der Waals surface area contributed by atoms with Crippen molar-refractivity contribution in [2.75, 3.05) is 27.8 Å². The van der Waals surface area contributed by atoms with E-state index in [1.165, 1.54) is 0 Å². The van der Waals surface area contributed by atoms with Gasteiger partial charge in [0.1, 0.15) is 11.5 Å². The number of hydrazone groups is 1. The van der Waals surface area contributed by atoms with Gasteiger partial charge < -0.3 is 9.47 Å². The standard InChI is InChI=1S/C27H29N3O3/c1-29(18-20-10-5-4-6-11-20)19-27(31)30-25(23-14-7-8-15-26(23)33-3)17-24(28-30)21-12-9-13-22(16-21)32-2/h4-16,25H,17-19H2,1-3H3. The first-order chi connectivity index (χ1) is 16.1. The van der Waals surface area contributed by atoms with Crippen LogP contribution >= 0.6 is 0 Å². The molecule has 3 aromatic carbocycles. The number of carbonyl (C=O) groups is 1. The van der Waals surface area contributed by atoms with E-state index in [2.05, 4.69) is 12.1 Å². The number of amides is 1. The molecule has 1 amide bonds. The zero-order valence-corrected chi connectivity index (χ0v) is 19.3. The molecule has 33 heavy (non-hydrogen) atoms. The summed E-state index contributed by atoms with van der Waals surface area (Å²) in [6.45, 7) is 0.946. The van der Waals surface area contributed by atoms with Gasteiger partial charge in [0.25, 0.3) is 5.91 Å². The van der Waals surface area contributed by atoms with Gasteiger partial charge in [0.15, 0.2) is 0 Å². The monoisotopic (exact) mass is 443 g/mol. The molecule has 3 aromatic rings. The molecule has 1 aliphatic heterocycles. The van der Waals surface area contributed by atoms with E-state index < -0.39 is 0 Å². The van der Waals surface area contributed by atoms with E-state index in [1.54, 1.807) is 19.2 Å². The predicted molar refractivity (Wildman–Crippen MR) is 130 cm³/mol. The van der Waals surface area contributed by atoms with Gasteiger partial charge in [-0.2, -0.15) is 5.10 Å². The topological polar surface area (TPSA) is 54.4 Å². The van der Waals surface area contributed by atoms with E-state index in [0.29, 0.717) is 13.0 Å². The van der Waals surface area contributed by atoms with Gasteiger partial charge in [-0.05, 0) is 30.8 Å². The molecule has 0 saturated heterocycles. The summed E-state index contributed by atoms with van der Waals surface area (Å²) in [4.78, 5) is 15.5. The maximum absolute atomic E-state index is 13.4. The highest BCUT2D eigenvalue weighted by molar-refractivity contribution is 6.03. The minimum Gasteiger partial charge on any atom is -0.497 e. The summed E-state index contributed by atoms with van der Waals surface area (Å²) in [5.41, 5.74) is 3.91. The van der Waals surface area contributed by atoms with Crippen LogP contribution in [0.3, 0.4) is 0 Å². The summed E-state index contributed by atoms with van der Waals surface area (Å²) in [5.74, 6) is 1.46. The van der Waals surface area contributed by atoms with Crippen LogP contribution in [0, 0.1) is 0 Å². The van der Waals surface area contributed by atoms with Crippen LogP contribution in [-0.4, -0.2) is 49.3 Å². The average molecular weight is 444 g/mol. The Morgan fingerprint density at radius 2 is 1.76 bits per heavy atom. The Kier molecular flexibility index (Phi) is 7.05. The van der Waals surface area contributed by atoms with Crippen LogP contribution in [0.2, 0.25) is 0 Å². The van der Waals surface area contributed by atoms with Crippen LogP contribution < -0.4 is 9.47 Å². The fraction of sp³-hybridized carbons (Fsp3) is 0.259. The summed E-state index contributed by atoms with van der Waals surface area (Å²) in [5, 5.41) is 6.41. The second-order valence-corrected chi connectivity index (χ2v) is 8.14. The van der Waals surface area contributed by atoms with Crippen LogP contribution in [0.15, 0.2) is 84.0 Å². The Morgan fingerprint density at radius 3 is 2.52 bits per heavy atom. The highest BCUT2D eigenvalue weighted by Crippen LogP contribution is 2.37. The van der Waals surface area contributed by atoms with Crippen molar-refractivity contribution in [3.05, 3.63) is 95.6 Å². The third-order valence-corrected chi connectivity index (χ3v) is 5.77. The minimum absolute atomic E-state index is 0.0535. The van der Waals surface area contributed by atoms with E-state index in [-0.39, 0.29) is 18.5 Å². The van der Waals surface area contributed by atoms with Crippen molar-refractivity contribution in [1.29, 1.82) is 0 Å². The lowest BCUT2D eigenvalue weighted by molar-refractivity contribution is -0.134. The summed E-state index contributed by atoms with van der Waals surface area (Å²) in [7, 11) is 5.24. The van der Waals surface area contributed by atoms with Crippen molar-refractivity contribution >= 4 is 11.6 Å². The third-order valence-electron chi connectivity index (χ3n) is 5.77. The number of para-hydroxylation sites is 1. The Balaban J connectivity index is 1.61. The smallest absolute Gasteiger partial charge is 0.257 e. The van der Waals surface area contributed by atoms with E-state index in [1.807, 2.05) is 78.7 Å². The first kappa shape index (κ1) is 22.6. The quantitative estimate of drug-likeness (QED) is 0.514. The van der Waals surface area contributed by atoms with Gasteiger partial charge in [0.2, 0.25) is 0 Å². The molecule has 0 saturated carbocycles. The Hall–Kier alpha value is -3.64. The van der Waals surface area contributed by atoms with Gasteiger partial charge >= 0.3 is 0 Å². The number of hydrogen-bond donors (Lipinski definition) is 0. The van der Waals surface area contributed by atoms with Crippen molar-refractivity contribution in [3.8, 4) is 11.5 Å². The number of benzene rings is 3. The minimum atomic E-state index is -0.236. The van der Waals surface area contributed by atoms with Gasteiger partial charge in [-0.25, -0.2) is 5.01 Å². The molecule has 4 rings (SSSR count). The molecule has 0 aromatic heterocycles. The van der Waals surface area contributed by atoms with E-state index >= 15 is 0 Å². The number of nitrogens with zero attached hydrogens (tertiary/aromatic N) is 3. The lowest BCUT2D eigenvalue weighted by atomic mass is 9.97. The lowest BCUT2D eigenvalue weighted by Crippen LogP contribution is -2.36. The van der Waals surface area contributed by atoms with Crippen molar-refractivity contribution in [2.45, 2.75) is 19.0 Å². The predicted octanol–water partition coefficient (Wildman–Crippen LogP) is 4.51. The van der Waals surface area contributed by atoms with E-state index in [4.69, 9.17) is 14.6 Å². The summed E-state index contributed by atoms with van der Waals surface area (Å²) in [6, 6.07) is 25.5. The Morgan fingerprint density at radius 1 is 1.00 bits per heavy atom. The maximum Gasteiger partial charge on any atom is 0.257 e. The van der Waals surface area contributed by atoms with Gasteiger partial charge in [0.05, 0.1) is 32.5 Å². The molecule has 1 unspecified atom stereocenters. The molecule has 0 fully saturated rings. The van der Waals surface area contributed by atoms with Gasteiger partial charge in [-0.15, -0.1) is 0 Å². The van der Waals surface area contributed by atoms with Crippen LogP contribution in [0.1, 0.15) is 29.2 Å². The number of methoxy groups -OCH3 is 2. The molecule has 0 radical (unpaired) electrons. The summed E-state index contributed by atoms with van der Waals surface area (Å²) >= 11 is 0. The maximum atomic E-state index is 13.4. The number of carbonyl (C=O) groups excluding carboxylic acids is 1. The Labute approximate surface area is 195 Å². The number of rotatable bonds is 8. The first-order valence-corrected chi connectivity index (χ1v) is 11.0. The molecule has 0 spiro atoms. The average Bonchev–Trinajstić information content (AvgIpc) is 3.30. The number of ether oxygens (including phenoxy) is 2. The van der Waals surface area contributed by atoms with Crippen molar-refractivity contribution in [2.24, 2.45) is 5.10 Å². The van der Waals surface area contributed by atoms with Crippen molar-refractivity contribution in [1.82, 2.24) is 9.91 Å². The highest BCUT2D eigenvalue weighted by atomic mass is 16.5. The fourth-order valence-electron chi connectivity index (χ4n) is 4.16. The van der Waals surface area contributed by atoms with E-state index in [9.17, 15) is 4.79 Å². The first-order valence-electron chi connectivity index (χ1n) is 11.0. The normalized spacial score (nSPS) is 15.5. The summed E-state index contributed by atoms with van der Waals surface area (Å²) in [6.07, 6.45) is 0.599. The molecular formula is C27H29N3O3. The van der Waals surface area contributed by atoms with Gasteiger partial charge in [-0.1, -0.05) is 60.7 Å². The number of likely N-dealkylation sites (N-methyl/N-ethyl adjacent to an activating group) is 1. The van der Waals surface area contributed by atoms with Gasteiger partial charge in [-0.3, -0.25) is 9.69 Å². The van der Waals surface area contributed by atoms with Crippen LogP contribution in [0.25, 0.3) is 0 Å². The lowest BCUT2D eigenvalue weighted by Gasteiger charge is -2.25. The molecule has 6 heteroatoms. The molecule has 1 aliphatic rings. The zero-order chi connectivity index (χ0) is 23.2. The molecule has 1 atom stereocenters. The second-order valence-electron chi connectivity index (χ2n) is 8.14. The third kappa shape index (κ3) is 5.23. The Bertz CT molecular complexity index is 1130. The molecular weight excluding hydrogens is 414 g/mol. The summed E-state index contributed by atoms with van der Waals surface area (Å²) < 4.78 is 11.0. The SMILES string of the molecule is COc1cccc(C2=NN(C(=O)CN(C)Cc3ccccc3)C(c3ccccc3OC)C2)c1. The second kappa shape index (κ2) is 10.3. The van der Waals surface area contributed by atoms with Crippen LogP contribution in [-0.2, 0) is 11.3 Å². The van der Waals surface area contributed by atoms with Gasteiger partial charge in [0, 0.05) is 24.1 Å². The van der Waals surface area contributed by atoms with Crippen molar-refractivity contribution < 1.29 is 14.3 Å². The zero-order valence-electron chi connectivity index (χ0n) is 19.3. The molecule has 170 valence electrons. The van der Waals surface area contributed by atoms with Crippen molar-refractivity contribution in [3.63, 3.8) is 0 Å². The molecule has 0 aliphatic carbocycles. The van der Waals surface area contributed by atoms with Crippen LogP contribution in [0.4, 0.5) is 0 Å². The highest BCUT2D eigenvalue weighted by Gasteiger charge is 2.35. The van der Waals surface area contributed by atoms with E-state index in [0.717, 1.165) is 33.9 Å². The molecule has 0 bridgehead atoms. The molecule has 0 N–H and O–H groups in total. The fourth-order valence-corrected chi connectivity index (χ4v) is 4.16. The largest absolute Gasteiger partial charge is 0.497 e.